The zero-order chi connectivity index (χ0) is 8.97. The fourth-order valence-electron chi connectivity index (χ4n) is 1.57. The highest BCUT2D eigenvalue weighted by atomic mass is 16.5. The molecule has 0 bridgehead atoms. The van der Waals surface area contributed by atoms with E-state index in [1.165, 1.54) is 26.0 Å². The standard InChI is InChI=1S/C9H15NO2/c1-12-9(11)6-8(10)7-4-2-3-5-7/h6-7H,2-5,10H2,1H3. The largest absolute Gasteiger partial charge is 0.466 e. The molecule has 0 spiro atoms. The molecule has 1 aliphatic rings. The number of carbonyl (C=O) groups is 1. The third-order valence-electron chi connectivity index (χ3n) is 2.31. The van der Waals surface area contributed by atoms with Crippen LogP contribution in [-0.4, -0.2) is 13.1 Å². The molecule has 0 heterocycles. The molecule has 0 aromatic carbocycles. The summed E-state index contributed by atoms with van der Waals surface area (Å²) in [5.74, 6) is 0.0588. The second-order valence-corrected chi connectivity index (χ2v) is 3.15. The molecule has 0 amide bonds. The molecule has 0 atom stereocenters. The van der Waals surface area contributed by atoms with E-state index in [0.717, 1.165) is 12.8 Å². The molecule has 1 saturated carbocycles. The summed E-state index contributed by atoms with van der Waals surface area (Å²) in [6, 6.07) is 0. The Morgan fingerprint density at radius 2 is 2.08 bits per heavy atom. The Kier molecular flexibility index (Phi) is 3.14. The SMILES string of the molecule is COC(=O)C=C(N)C1CCCC1. The summed E-state index contributed by atoms with van der Waals surface area (Å²) in [5, 5.41) is 0. The van der Waals surface area contributed by atoms with Crippen molar-refractivity contribution >= 4 is 5.97 Å². The van der Waals surface area contributed by atoms with E-state index in [9.17, 15) is 4.79 Å². The van der Waals surface area contributed by atoms with Crippen LogP contribution in [0.3, 0.4) is 0 Å². The normalized spacial score (nSPS) is 19.6. The lowest BCUT2D eigenvalue weighted by Crippen LogP contribution is -2.11. The Bertz CT molecular complexity index is 193. The number of methoxy groups -OCH3 is 1. The lowest BCUT2D eigenvalue weighted by Gasteiger charge is -2.07. The molecule has 0 radical (unpaired) electrons. The number of nitrogens with two attached hydrogens (primary N) is 1. The summed E-state index contributed by atoms with van der Waals surface area (Å²) < 4.78 is 4.49. The van der Waals surface area contributed by atoms with Crippen molar-refractivity contribution < 1.29 is 9.53 Å². The monoisotopic (exact) mass is 169 g/mol. The van der Waals surface area contributed by atoms with Crippen LogP contribution in [-0.2, 0) is 9.53 Å². The van der Waals surface area contributed by atoms with Gasteiger partial charge in [0.05, 0.1) is 7.11 Å². The van der Waals surface area contributed by atoms with E-state index in [0.29, 0.717) is 11.6 Å². The van der Waals surface area contributed by atoms with E-state index in [-0.39, 0.29) is 5.97 Å². The van der Waals surface area contributed by atoms with E-state index in [1.807, 2.05) is 0 Å². The van der Waals surface area contributed by atoms with Gasteiger partial charge in [-0.3, -0.25) is 0 Å². The minimum absolute atomic E-state index is 0.348. The van der Waals surface area contributed by atoms with Crippen molar-refractivity contribution in [3.05, 3.63) is 11.8 Å². The number of rotatable bonds is 2. The average molecular weight is 169 g/mol. The molecule has 2 N–H and O–H groups in total. The molecule has 0 aromatic rings. The minimum atomic E-state index is -0.348. The first-order valence-corrected chi connectivity index (χ1v) is 4.29. The Morgan fingerprint density at radius 1 is 1.50 bits per heavy atom. The van der Waals surface area contributed by atoms with E-state index < -0.39 is 0 Å². The minimum Gasteiger partial charge on any atom is -0.466 e. The van der Waals surface area contributed by atoms with Crippen molar-refractivity contribution in [3.63, 3.8) is 0 Å². The van der Waals surface area contributed by atoms with Gasteiger partial charge in [-0.1, -0.05) is 12.8 Å². The first-order valence-electron chi connectivity index (χ1n) is 4.29. The summed E-state index contributed by atoms with van der Waals surface area (Å²) >= 11 is 0. The maximum atomic E-state index is 10.8. The smallest absolute Gasteiger partial charge is 0.332 e. The van der Waals surface area contributed by atoms with Crippen LogP contribution in [0.25, 0.3) is 0 Å². The maximum Gasteiger partial charge on any atom is 0.332 e. The van der Waals surface area contributed by atoms with Gasteiger partial charge in [0.2, 0.25) is 0 Å². The molecule has 1 aliphatic carbocycles. The summed E-state index contributed by atoms with van der Waals surface area (Å²) in [6.45, 7) is 0. The van der Waals surface area contributed by atoms with Gasteiger partial charge in [0, 0.05) is 11.8 Å². The topological polar surface area (TPSA) is 52.3 Å². The second kappa shape index (κ2) is 4.14. The highest BCUT2D eigenvalue weighted by molar-refractivity contribution is 5.82. The molecule has 0 unspecified atom stereocenters. The Morgan fingerprint density at radius 3 is 2.58 bits per heavy atom. The molecular weight excluding hydrogens is 154 g/mol. The molecule has 1 fully saturated rings. The second-order valence-electron chi connectivity index (χ2n) is 3.15. The van der Waals surface area contributed by atoms with Gasteiger partial charge >= 0.3 is 5.97 Å². The summed E-state index contributed by atoms with van der Waals surface area (Å²) in [7, 11) is 1.36. The number of hydrogen-bond acceptors (Lipinski definition) is 3. The van der Waals surface area contributed by atoms with Crippen LogP contribution >= 0.6 is 0 Å². The third-order valence-corrected chi connectivity index (χ3v) is 2.31. The fourth-order valence-corrected chi connectivity index (χ4v) is 1.57. The average Bonchev–Trinajstić information content (AvgIpc) is 2.56. The van der Waals surface area contributed by atoms with E-state index in [1.54, 1.807) is 0 Å². The van der Waals surface area contributed by atoms with Crippen molar-refractivity contribution in [2.45, 2.75) is 25.7 Å². The van der Waals surface area contributed by atoms with Crippen molar-refractivity contribution in [1.82, 2.24) is 0 Å². The van der Waals surface area contributed by atoms with E-state index >= 15 is 0 Å². The highest BCUT2D eigenvalue weighted by Gasteiger charge is 2.17. The zero-order valence-electron chi connectivity index (χ0n) is 7.38. The predicted molar refractivity (Wildman–Crippen MR) is 46.2 cm³/mol. The van der Waals surface area contributed by atoms with Crippen LogP contribution in [0.15, 0.2) is 11.8 Å². The fraction of sp³-hybridized carbons (Fsp3) is 0.667. The third kappa shape index (κ3) is 2.26. The Labute approximate surface area is 72.6 Å². The van der Waals surface area contributed by atoms with Gasteiger partial charge in [0.25, 0.3) is 0 Å². The first-order chi connectivity index (χ1) is 5.74. The van der Waals surface area contributed by atoms with Crippen molar-refractivity contribution in [1.29, 1.82) is 0 Å². The molecule has 0 saturated heterocycles. The summed E-state index contributed by atoms with van der Waals surface area (Å²) in [5.41, 5.74) is 6.40. The quantitative estimate of drug-likeness (QED) is 0.499. The van der Waals surface area contributed by atoms with Gasteiger partial charge in [-0.15, -0.1) is 0 Å². The van der Waals surface area contributed by atoms with Gasteiger partial charge in [0.15, 0.2) is 0 Å². The maximum absolute atomic E-state index is 10.8. The summed E-state index contributed by atoms with van der Waals surface area (Å²) in [6.07, 6.45) is 6.06. The number of ether oxygens (including phenoxy) is 1. The van der Waals surface area contributed by atoms with Gasteiger partial charge in [0.1, 0.15) is 0 Å². The van der Waals surface area contributed by atoms with Crippen LogP contribution in [0.4, 0.5) is 0 Å². The first kappa shape index (κ1) is 9.10. The van der Waals surface area contributed by atoms with Crippen molar-refractivity contribution in [3.8, 4) is 0 Å². The van der Waals surface area contributed by atoms with Crippen LogP contribution in [0.1, 0.15) is 25.7 Å². The predicted octanol–water partition coefficient (Wildman–Crippen LogP) is 1.19. The van der Waals surface area contributed by atoms with Crippen molar-refractivity contribution in [2.24, 2.45) is 11.7 Å². The number of hydrogen-bond donors (Lipinski definition) is 1. The van der Waals surface area contributed by atoms with Crippen LogP contribution in [0.5, 0.6) is 0 Å². The molecule has 12 heavy (non-hydrogen) atoms. The molecule has 0 aliphatic heterocycles. The molecule has 0 aromatic heterocycles. The zero-order valence-corrected chi connectivity index (χ0v) is 7.38. The number of allylic oxidation sites excluding steroid dienone is 1. The Balaban J connectivity index is 2.49. The van der Waals surface area contributed by atoms with Gasteiger partial charge in [-0.25, -0.2) is 4.79 Å². The lowest BCUT2D eigenvalue weighted by atomic mass is 10.0. The van der Waals surface area contributed by atoms with Gasteiger partial charge < -0.3 is 10.5 Å². The molecule has 3 heteroatoms. The molecule has 3 nitrogen and oxygen atoms in total. The van der Waals surface area contributed by atoms with Crippen LogP contribution in [0, 0.1) is 5.92 Å². The molecule has 68 valence electrons. The highest BCUT2D eigenvalue weighted by Crippen LogP contribution is 2.28. The molecular formula is C9H15NO2. The molecule has 1 rings (SSSR count). The van der Waals surface area contributed by atoms with E-state index in [2.05, 4.69) is 4.74 Å². The Hall–Kier alpha value is -0.990. The van der Waals surface area contributed by atoms with Crippen LogP contribution < -0.4 is 5.73 Å². The number of esters is 1. The van der Waals surface area contributed by atoms with E-state index in [4.69, 9.17) is 5.73 Å². The van der Waals surface area contributed by atoms with Gasteiger partial charge in [-0.05, 0) is 18.8 Å². The summed E-state index contributed by atoms with van der Waals surface area (Å²) in [4.78, 5) is 10.8. The van der Waals surface area contributed by atoms with Crippen molar-refractivity contribution in [2.75, 3.05) is 7.11 Å². The van der Waals surface area contributed by atoms with Crippen LogP contribution in [0.2, 0.25) is 0 Å². The lowest BCUT2D eigenvalue weighted by molar-refractivity contribution is -0.134. The number of carbonyl (C=O) groups excluding carboxylic acids is 1. The van der Waals surface area contributed by atoms with Gasteiger partial charge in [-0.2, -0.15) is 0 Å².